The van der Waals surface area contributed by atoms with E-state index in [1.165, 1.54) is 11.3 Å². The van der Waals surface area contributed by atoms with Crippen molar-refractivity contribution in [3.63, 3.8) is 0 Å². The lowest BCUT2D eigenvalue weighted by atomic mass is 10.2. The number of piperazine rings is 1. The second-order valence-electron chi connectivity index (χ2n) is 7.08. The van der Waals surface area contributed by atoms with Crippen molar-refractivity contribution in [1.29, 1.82) is 5.26 Å². The normalized spacial score (nSPS) is 20.6. The minimum atomic E-state index is 0.0985. The van der Waals surface area contributed by atoms with Crippen LogP contribution in [0.2, 0.25) is 0 Å². The molecule has 3 aromatic heterocycles. The van der Waals surface area contributed by atoms with Crippen LogP contribution in [0.25, 0.3) is 11.4 Å². The van der Waals surface area contributed by atoms with Crippen LogP contribution in [-0.4, -0.2) is 55.7 Å². The van der Waals surface area contributed by atoms with E-state index in [4.69, 9.17) is 0 Å². The number of hydrogen-bond acceptors (Lipinski definition) is 7. The molecule has 2 atom stereocenters. The predicted octanol–water partition coefficient (Wildman–Crippen LogP) is 1.91. The lowest BCUT2D eigenvalue weighted by molar-refractivity contribution is 0.0730. The molecule has 1 amide bonds. The third-order valence-corrected chi connectivity index (χ3v) is 6.22. The van der Waals surface area contributed by atoms with Crippen molar-refractivity contribution in [3.05, 3.63) is 46.5 Å². The van der Waals surface area contributed by atoms with Gasteiger partial charge in [-0.15, -0.1) is 11.3 Å². The van der Waals surface area contributed by atoms with Crippen LogP contribution in [0.5, 0.6) is 0 Å². The molecule has 0 radical (unpaired) electrons. The van der Waals surface area contributed by atoms with Crippen molar-refractivity contribution >= 4 is 23.1 Å². The summed E-state index contributed by atoms with van der Waals surface area (Å²) in [5, 5.41) is 15.6. The number of likely N-dealkylation sites (tertiary alicyclic amines) is 1. The van der Waals surface area contributed by atoms with Crippen LogP contribution < -0.4 is 4.90 Å². The summed E-state index contributed by atoms with van der Waals surface area (Å²) in [7, 11) is 1.84. The maximum atomic E-state index is 12.7. The first kappa shape index (κ1) is 16.9. The molecule has 2 fully saturated rings. The Balaban J connectivity index is 1.42. The van der Waals surface area contributed by atoms with E-state index in [1.807, 2.05) is 35.7 Å². The van der Waals surface area contributed by atoms with Gasteiger partial charge in [0.25, 0.3) is 5.91 Å². The quantitative estimate of drug-likeness (QED) is 0.677. The standard InChI is InChI=1S/C19H17N7OS/c1-24-9-13(8-22-24)17-21-7-12(6-20)18(23-17)25-10-15-5-14(25)11-26(15)19(27)16-3-2-4-28-16/h2-4,7-9,14-15H,5,10-11H2,1H3/t14-,15+/m0/s1. The molecule has 2 aliphatic rings. The number of aromatic nitrogens is 4. The van der Waals surface area contributed by atoms with Crippen LogP contribution in [0.15, 0.2) is 36.1 Å². The van der Waals surface area contributed by atoms with Crippen LogP contribution in [0, 0.1) is 11.3 Å². The molecule has 0 N–H and O–H groups in total. The zero-order valence-corrected chi connectivity index (χ0v) is 16.0. The van der Waals surface area contributed by atoms with Gasteiger partial charge in [0.1, 0.15) is 11.6 Å². The van der Waals surface area contributed by atoms with Crippen LogP contribution in [0.3, 0.4) is 0 Å². The molecule has 140 valence electrons. The Kier molecular flexibility index (Phi) is 3.87. The number of aryl methyl sites for hydroxylation is 1. The molecule has 8 nitrogen and oxygen atoms in total. The average Bonchev–Trinajstić information content (AvgIpc) is 3.50. The number of thiophene rings is 1. The molecule has 2 saturated heterocycles. The fourth-order valence-electron chi connectivity index (χ4n) is 4.06. The Labute approximate surface area is 165 Å². The monoisotopic (exact) mass is 391 g/mol. The number of hydrogen-bond donors (Lipinski definition) is 0. The van der Waals surface area contributed by atoms with Gasteiger partial charge in [-0.3, -0.25) is 9.48 Å². The Hall–Kier alpha value is -3.25. The molecule has 0 aliphatic carbocycles. The molecular formula is C19H17N7OS. The van der Waals surface area contributed by atoms with Gasteiger partial charge < -0.3 is 9.80 Å². The van der Waals surface area contributed by atoms with E-state index in [1.54, 1.807) is 17.1 Å². The van der Waals surface area contributed by atoms with E-state index >= 15 is 0 Å². The number of carbonyl (C=O) groups is 1. The molecule has 5 heterocycles. The summed E-state index contributed by atoms with van der Waals surface area (Å²) in [5.41, 5.74) is 1.27. The minimum Gasteiger partial charge on any atom is -0.348 e. The second kappa shape index (κ2) is 6.42. The first-order valence-corrected chi connectivity index (χ1v) is 9.89. The summed E-state index contributed by atoms with van der Waals surface area (Å²) in [6.45, 7) is 1.33. The summed E-state index contributed by atoms with van der Waals surface area (Å²) >= 11 is 1.47. The number of fused-ring (bicyclic) bond motifs is 2. The second-order valence-corrected chi connectivity index (χ2v) is 8.02. The van der Waals surface area contributed by atoms with E-state index in [9.17, 15) is 10.1 Å². The highest BCUT2D eigenvalue weighted by atomic mass is 32.1. The van der Waals surface area contributed by atoms with Gasteiger partial charge in [0.05, 0.1) is 34.9 Å². The maximum Gasteiger partial charge on any atom is 0.264 e. The topological polar surface area (TPSA) is 90.9 Å². The molecule has 0 saturated carbocycles. The van der Waals surface area contributed by atoms with Gasteiger partial charge in [-0.25, -0.2) is 9.97 Å². The molecule has 2 bridgehead atoms. The minimum absolute atomic E-state index is 0.0985. The third kappa shape index (κ3) is 2.65. The van der Waals surface area contributed by atoms with Gasteiger partial charge in [-0.2, -0.15) is 10.4 Å². The highest BCUT2D eigenvalue weighted by molar-refractivity contribution is 7.12. The van der Waals surface area contributed by atoms with Gasteiger partial charge in [0.15, 0.2) is 11.6 Å². The summed E-state index contributed by atoms with van der Waals surface area (Å²) in [4.78, 5) is 26.6. The number of carbonyl (C=O) groups excluding carboxylic acids is 1. The number of anilines is 1. The molecule has 5 rings (SSSR count). The Bertz CT molecular complexity index is 1080. The van der Waals surface area contributed by atoms with Crippen molar-refractivity contribution in [2.24, 2.45) is 7.05 Å². The summed E-state index contributed by atoms with van der Waals surface area (Å²) in [6.07, 6.45) is 6.03. The van der Waals surface area contributed by atoms with E-state index < -0.39 is 0 Å². The number of nitriles is 1. The highest BCUT2D eigenvalue weighted by Crippen LogP contribution is 2.36. The fourth-order valence-corrected chi connectivity index (χ4v) is 4.74. The molecule has 3 aromatic rings. The largest absolute Gasteiger partial charge is 0.348 e. The summed E-state index contributed by atoms with van der Waals surface area (Å²) in [6, 6.07) is 6.28. The van der Waals surface area contributed by atoms with E-state index in [0.717, 1.165) is 16.9 Å². The van der Waals surface area contributed by atoms with Crippen LogP contribution >= 0.6 is 11.3 Å². The van der Waals surface area contributed by atoms with E-state index in [0.29, 0.717) is 30.3 Å². The third-order valence-electron chi connectivity index (χ3n) is 5.36. The van der Waals surface area contributed by atoms with Crippen molar-refractivity contribution < 1.29 is 4.79 Å². The first-order valence-electron chi connectivity index (χ1n) is 9.01. The molecule has 0 unspecified atom stereocenters. The van der Waals surface area contributed by atoms with E-state index in [-0.39, 0.29) is 18.0 Å². The maximum absolute atomic E-state index is 12.7. The SMILES string of the molecule is Cn1cc(-c2ncc(C#N)c(N3C[C@H]4C[C@H]3CN4C(=O)c3cccs3)n2)cn1. The zero-order chi connectivity index (χ0) is 19.3. The lowest BCUT2D eigenvalue weighted by Gasteiger charge is -2.35. The average molecular weight is 391 g/mol. The summed E-state index contributed by atoms with van der Waals surface area (Å²) in [5.74, 6) is 1.30. The first-order chi connectivity index (χ1) is 13.6. The Morgan fingerprint density at radius 3 is 2.86 bits per heavy atom. The fraction of sp³-hybridized carbons (Fsp3) is 0.316. The number of amides is 1. The number of rotatable bonds is 3. The van der Waals surface area contributed by atoms with Crippen molar-refractivity contribution in [2.75, 3.05) is 18.0 Å². The smallest absolute Gasteiger partial charge is 0.264 e. The van der Waals surface area contributed by atoms with Crippen molar-refractivity contribution in [3.8, 4) is 17.5 Å². The Morgan fingerprint density at radius 1 is 1.32 bits per heavy atom. The van der Waals surface area contributed by atoms with Crippen LogP contribution in [0.4, 0.5) is 5.82 Å². The predicted molar refractivity (Wildman–Crippen MR) is 104 cm³/mol. The van der Waals surface area contributed by atoms with E-state index in [2.05, 4.69) is 26.0 Å². The molecule has 9 heteroatoms. The lowest BCUT2D eigenvalue weighted by Crippen LogP contribution is -2.49. The van der Waals surface area contributed by atoms with Crippen LogP contribution in [0.1, 0.15) is 21.7 Å². The zero-order valence-electron chi connectivity index (χ0n) is 15.2. The molecule has 2 aliphatic heterocycles. The van der Waals surface area contributed by atoms with Gasteiger partial charge in [0, 0.05) is 26.3 Å². The highest BCUT2D eigenvalue weighted by Gasteiger charge is 2.46. The van der Waals surface area contributed by atoms with Gasteiger partial charge in [-0.1, -0.05) is 6.07 Å². The number of nitrogens with zero attached hydrogens (tertiary/aromatic N) is 7. The van der Waals surface area contributed by atoms with Gasteiger partial charge in [0.2, 0.25) is 0 Å². The van der Waals surface area contributed by atoms with Crippen molar-refractivity contribution in [2.45, 2.75) is 18.5 Å². The molecule has 0 spiro atoms. The van der Waals surface area contributed by atoms with Gasteiger partial charge in [-0.05, 0) is 17.9 Å². The molecule has 28 heavy (non-hydrogen) atoms. The molecule has 0 aromatic carbocycles. The Morgan fingerprint density at radius 2 is 2.21 bits per heavy atom. The van der Waals surface area contributed by atoms with Gasteiger partial charge >= 0.3 is 0 Å². The molecular weight excluding hydrogens is 374 g/mol. The summed E-state index contributed by atoms with van der Waals surface area (Å²) < 4.78 is 1.70. The van der Waals surface area contributed by atoms with Crippen molar-refractivity contribution in [1.82, 2.24) is 24.6 Å². The van der Waals surface area contributed by atoms with Crippen LogP contribution in [-0.2, 0) is 7.05 Å².